The molecule has 0 aliphatic heterocycles. The third-order valence-corrected chi connectivity index (χ3v) is 4.89. The van der Waals surface area contributed by atoms with Crippen molar-refractivity contribution < 1.29 is 5.11 Å². The van der Waals surface area contributed by atoms with E-state index in [0.29, 0.717) is 16.7 Å². The average Bonchev–Trinajstić information content (AvgIpc) is 2.74. The molecule has 0 aliphatic rings. The van der Waals surface area contributed by atoms with Crippen LogP contribution in [-0.4, -0.2) is 21.5 Å². The number of aromatic nitrogens is 2. The van der Waals surface area contributed by atoms with Crippen LogP contribution < -0.4 is 10.9 Å². The molecule has 0 radical (unpaired) electrons. The molecule has 0 bridgehead atoms. The van der Waals surface area contributed by atoms with Gasteiger partial charge in [-0.2, -0.15) is 5.10 Å². The van der Waals surface area contributed by atoms with Gasteiger partial charge in [0.15, 0.2) is 0 Å². The van der Waals surface area contributed by atoms with E-state index in [1.807, 2.05) is 0 Å². The third kappa shape index (κ3) is 3.28. The van der Waals surface area contributed by atoms with Crippen LogP contribution in [0.4, 0.5) is 5.69 Å². The van der Waals surface area contributed by atoms with E-state index < -0.39 is 0 Å². The molecule has 2 aromatic rings. The first kappa shape index (κ1) is 15.2. The van der Waals surface area contributed by atoms with Crippen molar-refractivity contribution in [2.75, 3.05) is 11.9 Å². The minimum Gasteiger partial charge on any atom is -0.394 e. The van der Waals surface area contributed by atoms with Gasteiger partial charge in [0.05, 0.1) is 25.0 Å². The Labute approximate surface area is 129 Å². The molecule has 108 valence electrons. The second kappa shape index (κ2) is 6.51. The van der Waals surface area contributed by atoms with Crippen molar-refractivity contribution in [3.05, 3.63) is 42.4 Å². The van der Waals surface area contributed by atoms with E-state index in [4.69, 9.17) is 5.11 Å². The quantitative estimate of drug-likeness (QED) is 0.861. The normalized spacial score (nSPS) is 10.8. The molecule has 0 unspecified atom stereocenters. The number of halogens is 1. The molecule has 0 saturated heterocycles. The first-order chi connectivity index (χ1) is 9.52. The smallest absolute Gasteiger partial charge is 0.283 e. The van der Waals surface area contributed by atoms with E-state index in [1.54, 1.807) is 17.5 Å². The van der Waals surface area contributed by atoms with Gasteiger partial charge in [-0.1, -0.05) is 0 Å². The van der Waals surface area contributed by atoms with Crippen LogP contribution in [-0.2, 0) is 13.1 Å². The van der Waals surface area contributed by atoms with Crippen LogP contribution in [0.2, 0.25) is 0 Å². The molecule has 0 amide bonds. The molecule has 2 aromatic heterocycles. The lowest BCUT2D eigenvalue weighted by molar-refractivity contribution is 0.266. The summed E-state index contributed by atoms with van der Waals surface area (Å²) in [5, 5.41) is 16.1. The van der Waals surface area contributed by atoms with Gasteiger partial charge < -0.3 is 10.4 Å². The molecule has 2 N–H and O–H groups in total. The van der Waals surface area contributed by atoms with Crippen molar-refractivity contribution in [1.82, 2.24) is 9.78 Å². The van der Waals surface area contributed by atoms with Crippen molar-refractivity contribution in [2.24, 2.45) is 0 Å². The lowest BCUT2D eigenvalue weighted by Gasteiger charge is -2.09. The van der Waals surface area contributed by atoms with E-state index in [0.717, 1.165) is 0 Å². The summed E-state index contributed by atoms with van der Waals surface area (Å²) in [5.41, 5.74) is 1.69. The van der Waals surface area contributed by atoms with Crippen molar-refractivity contribution in [1.29, 1.82) is 0 Å². The first-order valence-electron chi connectivity index (χ1n) is 6.19. The standard InChI is InChI=1S/C13H16BrN3O2S/c1-8-5-10(20-9(8)2)6-15-11-7-16-17(3-4-18)13(19)12(11)14/h5,7,15,18H,3-4,6H2,1-2H3. The maximum atomic E-state index is 12.0. The summed E-state index contributed by atoms with van der Waals surface area (Å²) in [7, 11) is 0. The zero-order chi connectivity index (χ0) is 14.7. The Bertz CT molecular complexity index is 647. The second-order valence-electron chi connectivity index (χ2n) is 4.43. The lowest BCUT2D eigenvalue weighted by Crippen LogP contribution is -2.25. The van der Waals surface area contributed by atoms with E-state index >= 15 is 0 Å². The number of aliphatic hydroxyl groups excluding tert-OH is 1. The highest BCUT2D eigenvalue weighted by Crippen LogP contribution is 2.23. The highest BCUT2D eigenvalue weighted by atomic mass is 79.9. The fraction of sp³-hybridized carbons (Fsp3) is 0.385. The molecule has 0 atom stereocenters. The number of aliphatic hydroxyl groups is 1. The van der Waals surface area contributed by atoms with Crippen LogP contribution in [0.1, 0.15) is 15.3 Å². The maximum Gasteiger partial charge on any atom is 0.283 e. The summed E-state index contributed by atoms with van der Waals surface area (Å²) >= 11 is 5.02. The first-order valence-corrected chi connectivity index (χ1v) is 7.80. The number of nitrogens with zero attached hydrogens (tertiary/aromatic N) is 2. The van der Waals surface area contributed by atoms with Gasteiger partial charge >= 0.3 is 0 Å². The molecule has 0 fully saturated rings. The van der Waals surface area contributed by atoms with Crippen molar-refractivity contribution in [3.63, 3.8) is 0 Å². The summed E-state index contributed by atoms with van der Waals surface area (Å²) in [6.45, 7) is 4.92. The van der Waals surface area contributed by atoms with Gasteiger partial charge in [0, 0.05) is 16.3 Å². The van der Waals surface area contributed by atoms with Crippen molar-refractivity contribution >= 4 is 33.0 Å². The lowest BCUT2D eigenvalue weighted by atomic mass is 10.3. The van der Waals surface area contributed by atoms with Gasteiger partial charge in [0.2, 0.25) is 0 Å². The Balaban J connectivity index is 2.14. The average molecular weight is 358 g/mol. The molecule has 20 heavy (non-hydrogen) atoms. The molecule has 0 saturated carbocycles. The fourth-order valence-electron chi connectivity index (χ4n) is 1.76. The highest BCUT2D eigenvalue weighted by Gasteiger charge is 2.09. The number of nitrogens with one attached hydrogen (secondary N) is 1. The molecular formula is C13H16BrN3O2S. The molecule has 0 spiro atoms. The van der Waals surface area contributed by atoms with Crippen LogP contribution in [0.5, 0.6) is 0 Å². The maximum absolute atomic E-state index is 12.0. The molecule has 0 aromatic carbocycles. The van der Waals surface area contributed by atoms with Crippen LogP contribution in [0, 0.1) is 13.8 Å². The Kier molecular flexibility index (Phi) is 4.95. The SMILES string of the molecule is Cc1cc(CNc2cnn(CCO)c(=O)c2Br)sc1C. The summed E-state index contributed by atoms with van der Waals surface area (Å²) in [6, 6.07) is 2.14. The Morgan fingerprint density at radius 3 is 2.85 bits per heavy atom. The van der Waals surface area contributed by atoms with Crippen LogP contribution >= 0.6 is 27.3 Å². The third-order valence-electron chi connectivity index (χ3n) is 2.97. The molecule has 2 rings (SSSR count). The van der Waals surface area contributed by atoms with Gasteiger partial charge in [-0.3, -0.25) is 4.79 Å². The largest absolute Gasteiger partial charge is 0.394 e. The molecule has 0 aliphatic carbocycles. The monoisotopic (exact) mass is 357 g/mol. The molecule has 2 heterocycles. The topological polar surface area (TPSA) is 67.2 Å². The molecule has 7 heteroatoms. The zero-order valence-electron chi connectivity index (χ0n) is 11.3. The fourth-order valence-corrected chi connectivity index (χ4v) is 3.20. The van der Waals surface area contributed by atoms with E-state index in [9.17, 15) is 4.79 Å². The van der Waals surface area contributed by atoms with Gasteiger partial charge in [-0.05, 0) is 41.4 Å². The Hall–Kier alpha value is -1.18. The summed E-state index contributed by atoms with van der Waals surface area (Å²) < 4.78 is 1.67. The highest BCUT2D eigenvalue weighted by molar-refractivity contribution is 9.10. The van der Waals surface area contributed by atoms with Gasteiger partial charge in [0.25, 0.3) is 5.56 Å². The number of hydrogen-bond donors (Lipinski definition) is 2. The van der Waals surface area contributed by atoms with E-state index in [1.165, 1.54) is 20.0 Å². The number of aryl methyl sites for hydroxylation is 2. The van der Waals surface area contributed by atoms with Gasteiger partial charge in [0.1, 0.15) is 4.47 Å². The number of thiophene rings is 1. The van der Waals surface area contributed by atoms with Crippen LogP contribution in [0.15, 0.2) is 21.5 Å². The minimum absolute atomic E-state index is 0.111. The minimum atomic E-state index is -0.248. The van der Waals surface area contributed by atoms with E-state index in [2.05, 4.69) is 46.3 Å². The van der Waals surface area contributed by atoms with Crippen molar-refractivity contribution in [2.45, 2.75) is 26.9 Å². The van der Waals surface area contributed by atoms with Crippen LogP contribution in [0.3, 0.4) is 0 Å². The second-order valence-corrected chi connectivity index (χ2v) is 6.56. The number of hydrogen-bond acceptors (Lipinski definition) is 5. The summed E-state index contributed by atoms with van der Waals surface area (Å²) in [6.07, 6.45) is 1.59. The summed E-state index contributed by atoms with van der Waals surface area (Å²) in [4.78, 5) is 14.5. The van der Waals surface area contributed by atoms with Crippen molar-refractivity contribution in [3.8, 4) is 0 Å². The number of anilines is 1. The predicted molar refractivity (Wildman–Crippen MR) is 84.4 cm³/mol. The molecular weight excluding hydrogens is 342 g/mol. The van der Waals surface area contributed by atoms with Gasteiger partial charge in [-0.15, -0.1) is 11.3 Å². The number of rotatable bonds is 5. The molecule has 5 nitrogen and oxygen atoms in total. The predicted octanol–water partition coefficient (Wildman–Crippen LogP) is 2.29. The van der Waals surface area contributed by atoms with E-state index in [-0.39, 0.29) is 18.7 Å². The Morgan fingerprint density at radius 1 is 1.50 bits per heavy atom. The summed E-state index contributed by atoms with van der Waals surface area (Å²) in [5.74, 6) is 0. The van der Waals surface area contributed by atoms with Gasteiger partial charge in [-0.25, -0.2) is 4.68 Å². The Morgan fingerprint density at radius 2 is 2.25 bits per heavy atom. The zero-order valence-corrected chi connectivity index (χ0v) is 13.7. The van der Waals surface area contributed by atoms with Crippen LogP contribution in [0.25, 0.3) is 0 Å².